The molecule has 0 aliphatic carbocycles. The van der Waals surface area contributed by atoms with Gasteiger partial charge in [0.15, 0.2) is 11.5 Å². The van der Waals surface area contributed by atoms with Gasteiger partial charge >= 0.3 is 0 Å². The van der Waals surface area contributed by atoms with E-state index in [0.29, 0.717) is 72.1 Å². The molecule has 4 aromatic heterocycles. The Morgan fingerprint density at radius 1 is 1.02 bits per heavy atom. The molecule has 14 nitrogen and oxygen atoms in total. The van der Waals surface area contributed by atoms with Crippen LogP contribution in [0.4, 0.5) is 30.8 Å². The number of hydrogen-bond donors (Lipinski definition) is 2. The molecule has 3 aliphatic heterocycles. The van der Waals surface area contributed by atoms with Crippen LogP contribution in [0.5, 0.6) is 0 Å². The molecule has 290 valence electrons. The van der Waals surface area contributed by atoms with Gasteiger partial charge < -0.3 is 34.4 Å². The summed E-state index contributed by atoms with van der Waals surface area (Å²) in [5, 5.41) is 18.8. The van der Waals surface area contributed by atoms with Crippen LogP contribution in [-0.4, -0.2) is 114 Å². The number of anilines is 3. The van der Waals surface area contributed by atoms with Gasteiger partial charge in [0.2, 0.25) is 11.9 Å². The number of methoxy groups -OCH3 is 1. The number of pyridine rings is 1. The van der Waals surface area contributed by atoms with E-state index < -0.39 is 35.1 Å². The van der Waals surface area contributed by atoms with E-state index in [4.69, 9.17) is 19.7 Å². The number of carbonyl (C=O) groups excluding carboxylic acids is 1. The predicted molar refractivity (Wildman–Crippen MR) is 203 cm³/mol. The molecule has 56 heavy (non-hydrogen) atoms. The normalized spacial score (nSPS) is 22.7. The first-order valence-electron chi connectivity index (χ1n) is 18.5. The van der Waals surface area contributed by atoms with Gasteiger partial charge in [-0.2, -0.15) is 15.1 Å². The number of fused-ring (bicyclic) bond motifs is 6. The summed E-state index contributed by atoms with van der Waals surface area (Å²) in [4.78, 5) is 39.7. The minimum atomic E-state index is -0.825. The third-order valence-electron chi connectivity index (χ3n) is 11.4. The number of imidazole rings is 1. The second-order valence-corrected chi connectivity index (χ2v) is 15.1. The molecule has 2 fully saturated rings. The van der Waals surface area contributed by atoms with E-state index in [2.05, 4.69) is 15.4 Å². The number of aliphatic hydroxyl groups excluding tert-OH is 1. The summed E-state index contributed by atoms with van der Waals surface area (Å²) in [5.74, 6) is -0.302. The Morgan fingerprint density at radius 3 is 2.61 bits per heavy atom. The molecule has 2 N–H and O–H groups in total. The molecule has 6 aromatic rings. The zero-order chi connectivity index (χ0) is 39.0. The summed E-state index contributed by atoms with van der Waals surface area (Å²) in [6.07, 6.45) is 2.11. The number of ether oxygens (including phenoxy) is 1. The van der Waals surface area contributed by atoms with Crippen molar-refractivity contribution in [3.63, 3.8) is 0 Å². The number of carbonyl (C=O) groups is 1. The third kappa shape index (κ3) is 5.87. The minimum Gasteiger partial charge on any atom is -0.394 e. The number of nitrogens with zero attached hydrogens (tertiary/aromatic N) is 10. The molecule has 1 amide bonds. The molecule has 4 bridgehead atoms. The zero-order valence-electron chi connectivity index (χ0n) is 31.2. The first-order chi connectivity index (χ1) is 26.9. The second-order valence-electron chi connectivity index (χ2n) is 15.1. The molecule has 17 heteroatoms. The Balaban J connectivity index is 1.18. The van der Waals surface area contributed by atoms with Crippen LogP contribution in [0.2, 0.25) is 0 Å². The number of nitrogens with one attached hydrogen (secondary N) is 1. The van der Waals surface area contributed by atoms with Gasteiger partial charge in [-0.15, -0.1) is 0 Å². The van der Waals surface area contributed by atoms with Gasteiger partial charge in [-0.1, -0.05) is 6.07 Å². The first-order valence-corrected chi connectivity index (χ1v) is 18.5. The predicted octanol–water partition coefficient (Wildman–Crippen LogP) is 4.46. The maximum absolute atomic E-state index is 15.3. The van der Waals surface area contributed by atoms with E-state index in [9.17, 15) is 14.3 Å². The zero-order valence-corrected chi connectivity index (χ0v) is 31.2. The molecule has 0 saturated carbocycles. The summed E-state index contributed by atoms with van der Waals surface area (Å²) in [6.45, 7) is 5.04. The average molecular weight is 768 g/mol. The van der Waals surface area contributed by atoms with Crippen LogP contribution in [-0.2, 0) is 16.1 Å². The molecular weight excluding hydrogens is 727 g/mol. The number of aliphatic hydroxyl groups is 1. The number of halogens is 3. The molecule has 3 aliphatic rings. The van der Waals surface area contributed by atoms with Crippen molar-refractivity contribution in [3.8, 4) is 16.9 Å². The fourth-order valence-electron chi connectivity index (χ4n) is 8.27. The lowest BCUT2D eigenvalue weighted by Crippen LogP contribution is -2.61. The van der Waals surface area contributed by atoms with Gasteiger partial charge in [0, 0.05) is 57.5 Å². The van der Waals surface area contributed by atoms with Crippen LogP contribution >= 0.6 is 0 Å². The van der Waals surface area contributed by atoms with Crippen LogP contribution in [0, 0.1) is 24.4 Å². The third-order valence-corrected chi connectivity index (χ3v) is 11.4. The number of hydrogen-bond acceptors (Lipinski definition) is 11. The number of benzene rings is 2. The highest BCUT2D eigenvalue weighted by molar-refractivity contribution is 5.94. The maximum atomic E-state index is 15.3. The summed E-state index contributed by atoms with van der Waals surface area (Å²) in [7, 11) is 3.33. The second kappa shape index (κ2) is 13.4. The summed E-state index contributed by atoms with van der Waals surface area (Å²) in [5.41, 5.74) is 1.94. The van der Waals surface area contributed by atoms with Crippen LogP contribution in [0.25, 0.3) is 39.0 Å². The molecule has 0 spiro atoms. The smallest absolute Gasteiger partial charge is 0.245 e. The van der Waals surface area contributed by atoms with E-state index in [-0.39, 0.29) is 42.4 Å². The van der Waals surface area contributed by atoms with E-state index in [1.165, 1.54) is 29.1 Å². The highest BCUT2D eigenvalue weighted by Crippen LogP contribution is 2.39. The molecule has 7 heterocycles. The van der Waals surface area contributed by atoms with Crippen molar-refractivity contribution in [2.75, 3.05) is 55.5 Å². The molecule has 4 atom stereocenters. The van der Waals surface area contributed by atoms with Gasteiger partial charge in [0.05, 0.1) is 53.1 Å². The first kappa shape index (κ1) is 35.9. The van der Waals surface area contributed by atoms with Crippen molar-refractivity contribution in [1.82, 2.24) is 39.2 Å². The molecule has 1 unspecified atom stereocenters. The van der Waals surface area contributed by atoms with Crippen molar-refractivity contribution in [1.29, 1.82) is 0 Å². The van der Waals surface area contributed by atoms with Gasteiger partial charge in [-0.25, -0.2) is 27.8 Å². The van der Waals surface area contributed by atoms with Crippen LogP contribution < -0.4 is 15.1 Å². The Labute approximate surface area is 319 Å². The number of likely N-dealkylation sites (N-methyl/N-ethyl adjacent to an activating group) is 1. The van der Waals surface area contributed by atoms with E-state index in [1.54, 1.807) is 19.1 Å². The standard InChI is InChI=1S/C39H40F3N11O3/c1-21-44-30-14-23(41)12-26-29-6-5-7-33(46-29)45-24-15-32(37(55)49(3)18-25(56-4)19-50(21)34(26)30)51(17-24)35-27-16-43-53(31-9-8-22(40)13-28(31)42)36(27)48-38(47-35)52-11-10-39(52,2)20-54/h5-9,12-14,16,24-25,32,54H,10-11,15,17-20H2,1-4H3,(H,45,46)/t24-,25-,32-,39?/m0/s1. The Hall–Kier alpha value is -5.81. The number of rotatable bonds is 5. The van der Waals surface area contributed by atoms with Crippen LogP contribution in [0.3, 0.4) is 0 Å². The van der Waals surface area contributed by atoms with Gasteiger partial charge in [-0.3, -0.25) is 4.79 Å². The number of aryl methyl sites for hydroxylation is 1. The minimum absolute atomic E-state index is 0.0104. The van der Waals surface area contributed by atoms with Gasteiger partial charge in [0.25, 0.3) is 0 Å². The fourth-order valence-corrected chi connectivity index (χ4v) is 8.27. The van der Waals surface area contributed by atoms with Gasteiger partial charge in [0.1, 0.15) is 40.8 Å². The van der Waals surface area contributed by atoms with Crippen LogP contribution in [0.15, 0.2) is 54.7 Å². The average Bonchev–Trinajstić information content (AvgIpc) is 3.87. The van der Waals surface area contributed by atoms with Gasteiger partial charge in [-0.05, 0) is 57.0 Å². The molecular formula is C39H40F3N11O3. The highest BCUT2D eigenvalue weighted by atomic mass is 19.1. The van der Waals surface area contributed by atoms with Crippen molar-refractivity contribution in [3.05, 3.63) is 78.0 Å². The van der Waals surface area contributed by atoms with Crippen molar-refractivity contribution >= 4 is 45.6 Å². The maximum Gasteiger partial charge on any atom is 0.245 e. The van der Waals surface area contributed by atoms with E-state index in [0.717, 1.165) is 17.6 Å². The fraction of sp³-hybridized carbons (Fsp3) is 0.385. The quantitative estimate of drug-likeness (QED) is 0.257. The van der Waals surface area contributed by atoms with Crippen molar-refractivity contribution in [2.45, 2.75) is 57.0 Å². The van der Waals surface area contributed by atoms with E-state index >= 15 is 8.78 Å². The summed E-state index contributed by atoms with van der Waals surface area (Å²) < 4.78 is 53.6. The Kier molecular flexibility index (Phi) is 8.61. The highest BCUT2D eigenvalue weighted by Gasteiger charge is 2.44. The summed E-state index contributed by atoms with van der Waals surface area (Å²) >= 11 is 0. The monoisotopic (exact) mass is 767 g/mol. The SMILES string of the molecule is CO[C@H]1CN(C)C(=O)[C@@H]2C[C@@H](CN2c2nc(N3CCC3(C)CO)nc3c2cnn3-c2ccc(F)cc2F)Nc2cccc(n2)-c2cc(F)cc3nc(C)n(c23)C1. The topological polar surface area (TPSA) is 143 Å². The Bertz CT molecular complexity index is 2520. The lowest BCUT2D eigenvalue weighted by Gasteiger charge is -2.49. The van der Waals surface area contributed by atoms with Crippen molar-refractivity contribution < 1.29 is 27.8 Å². The number of amides is 1. The van der Waals surface area contributed by atoms with Crippen LogP contribution in [0.1, 0.15) is 25.6 Å². The summed E-state index contributed by atoms with van der Waals surface area (Å²) in [6, 6.07) is 10.6. The molecule has 9 rings (SSSR count). The lowest BCUT2D eigenvalue weighted by atomic mass is 9.88. The molecule has 2 aromatic carbocycles. The molecule has 2 saturated heterocycles. The Morgan fingerprint density at radius 2 is 1.86 bits per heavy atom. The number of aromatic nitrogens is 7. The molecule has 0 radical (unpaired) electrons. The van der Waals surface area contributed by atoms with Crippen molar-refractivity contribution in [2.24, 2.45) is 0 Å². The largest absolute Gasteiger partial charge is 0.394 e. The van der Waals surface area contributed by atoms with E-state index in [1.807, 2.05) is 46.4 Å². The lowest BCUT2D eigenvalue weighted by molar-refractivity contribution is -0.132.